The van der Waals surface area contributed by atoms with Gasteiger partial charge in [-0.25, -0.2) is 5.43 Å². The van der Waals surface area contributed by atoms with Gasteiger partial charge in [0.05, 0.1) is 11.8 Å². The van der Waals surface area contributed by atoms with E-state index in [-0.39, 0.29) is 5.91 Å². The van der Waals surface area contributed by atoms with Crippen molar-refractivity contribution in [2.24, 2.45) is 12.1 Å². The molecule has 4 rings (SSSR count). The number of hydrazone groups is 1. The van der Waals surface area contributed by atoms with E-state index in [0.717, 1.165) is 33.1 Å². The van der Waals surface area contributed by atoms with Crippen molar-refractivity contribution >= 4 is 33.9 Å². The molecule has 2 aromatic heterocycles. The number of nitrogens with zero attached hydrogens (tertiary/aromatic N) is 2. The maximum Gasteiger partial charge on any atom is 0.273 e. The largest absolute Gasteiger partial charge is 0.358 e. The van der Waals surface area contributed by atoms with Crippen LogP contribution in [0.2, 0.25) is 0 Å². The van der Waals surface area contributed by atoms with Gasteiger partial charge in [-0.15, -0.1) is 0 Å². The molecule has 0 saturated heterocycles. The number of rotatable bonds is 3. The first kappa shape index (κ1) is 15.2. The van der Waals surface area contributed by atoms with Gasteiger partial charge in [0.2, 0.25) is 0 Å². The minimum absolute atomic E-state index is 0.217. The van der Waals surface area contributed by atoms with Gasteiger partial charge in [-0.1, -0.05) is 36.4 Å². The number of amides is 1. The minimum atomic E-state index is -0.217. The first-order chi connectivity index (χ1) is 12.1. The van der Waals surface area contributed by atoms with Gasteiger partial charge in [-0.3, -0.25) is 4.79 Å². The van der Waals surface area contributed by atoms with E-state index in [9.17, 15) is 4.79 Å². The molecule has 0 aliphatic heterocycles. The summed E-state index contributed by atoms with van der Waals surface area (Å²) < 4.78 is 1.94. The van der Waals surface area contributed by atoms with Crippen LogP contribution in [-0.2, 0) is 7.05 Å². The maximum atomic E-state index is 12.5. The van der Waals surface area contributed by atoms with Gasteiger partial charge in [0.15, 0.2) is 0 Å². The SMILES string of the molecule is Cc1[nH]c2ccccc2c1/C=N/NC(=O)c1cn(C)c2ccccc12. The number of nitrogens with one attached hydrogen (secondary N) is 2. The number of aromatic amines is 1. The Bertz CT molecular complexity index is 1120. The smallest absolute Gasteiger partial charge is 0.273 e. The van der Waals surface area contributed by atoms with Gasteiger partial charge in [-0.2, -0.15) is 5.10 Å². The lowest BCUT2D eigenvalue weighted by Gasteiger charge is -1.98. The lowest BCUT2D eigenvalue weighted by Crippen LogP contribution is -2.17. The second-order valence-electron chi connectivity index (χ2n) is 6.08. The van der Waals surface area contributed by atoms with Crippen molar-refractivity contribution in [1.82, 2.24) is 15.0 Å². The second kappa shape index (κ2) is 5.94. The molecule has 25 heavy (non-hydrogen) atoms. The molecule has 0 atom stereocenters. The van der Waals surface area contributed by atoms with Crippen LogP contribution >= 0.6 is 0 Å². The number of carbonyl (C=O) groups is 1. The Morgan fingerprint density at radius 3 is 2.68 bits per heavy atom. The van der Waals surface area contributed by atoms with Crippen molar-refractivity contribution in [3.05, 3.63) is 71.5 Å². The maximum absolute atomic E-state index is 12.5. The number of hydrogen-bond acceptors (Lipinski definition) is 2. The Morgan fingerprint density at radius 2 is 1.84 bits per heavy atom. The third kappa shape index (κ3) is 2.59. The standard InChI is InChI=1S/C20H18N4O/c1-13-16(14-7-3-5-9-18(14)22-13)11-21-23-20(25)17-12-24(2)19-10-6-4-8-15(17)19/h3-12,22H,1-2H3,(H,23,25)/b21-11+. The highest BCUT2D eigenvalue weighted by atomic mass is 16.2. The number of fused-ring (bicyclic) bond motifs is 2. The van der Waals surface area contributed by atoms with E-state index in [0.29, 0.717) is 5.56 Å². The van der Waals surface area contributed by atoms with E-state index in [1.54, 1.807) is 6.21 Å². The van der Waals surface area contributed by atoms with Crippen molar-refractivity contribution < 1.29 is 4.79 Å². The molecule has 4 aromatic rings. The molecule has 2 aromatic carbocycles. The van der Waals surface area contributed by atoms with Crippen molar-refractivity contribution in [2.75, 3.05) is 0 Å². The van der Waals surface area contributed by atoms with Crippen LogP contribution in [0.25, 0.3) is 21.8 Å². The zero-order valence-electron chi connectivity index (χ0n) is 14.1. The average molecular weight is 330 g/mol. The zero-order valence-corrected chi connectivity index (χ0v) is 14.1. The van der Waals surface area contributed by atoms with Gasteiger partial charge in [0, 0.05) is 46.3 Å². The second-order valence-corrected chi connectivity index (χ2v) is 6.08. The van der Waals surface area contributed by atoms with Crippen molar-refractivity contribution in [3.63, 3.8) is 0 Å². The van der Waals surface area contributed by atoms with E-state index in [1.807, 2.05) is 73.3 Å². The molecule has 5 heteroatoms. The number of aromatic nitrogens is 2. The number of para-hydroxylation sites is 2. The molecule has 0 bridgehead atoms. The molecule has 0 spiro atoms. The highest BCUT2D eigenvalue weighted by Gasteiger charge is 2.13. The Kier molecular flexibility index (Phi) is 3.61. The molecule has 5 nitrogen and oxygen atoms in total. The quantitative estimate of drug-likeness (QED) is 0.436. The van der Waals surface area contributed by atoms with Crippen LogP contribution in [0.1, 0.15) is 21.6 Å². The lowest BCUT2D eigenvalue weighted by molar-refractivity contribution is 0.0956. The van der Waals surface area contributed by atoms with Gasteiger partial charge >= 0.3 is 0 Å². The van der Waals surface area contributed by atoms with Crippen LogP contribution in [0.3, 0.4) is 0 Å². The minimum Gasteiger partial charge on any atom is -0.358 e. The fourth-order valence-corrected chi connectivity index (χ4v) is 3.20. The number of H-pyrrole nitrogens is 1. The number of hydrogen-bond donors (Lipinski definition) is 2. The van der Waals surface area contributed by atoms with Crippen LogP contribution in [0.5, 0.6) is 0 Å². The number of benzene rings is 2. The summed E-state index contributed by atoms with van der Waals surface area (Å²) in [6.45, 7) is 1.99. The summed E-state index contributed by atoms with van der Waals surface area (Å²) in [5.74, 6) is -0.217. The highest BCUT2D eigenvalue weighted by molar-refractivity contribution is 6.07. The topological polar surface area (TPSA) is 62.2 Å². The molecule has 2 heterocycles. The normalized spacial score (nSPS) is 11.6. The predicted molar refractivity (Wildman–Crippen MR) is 101 cm³/mol. The van der Waals surface area contributed by atoms with Crippen molar-refractivity contribution in [1.29, 1.82) is 0 Å². The molecule has 0 saturated carbocycles. The molecular formula is C20H18N4O. The summed E-state index contributed by atoms with van der Waals surface area (Å²) in [4.78, 5) is 15.8. The summed E-state index contributed by atoms with van der Waals surface area (Å²) in [5.41, 5.74) is 7.33. The van der Waals surface area contributed by atoms with E-state index in [4.69, 9.17) is 0 Å². The number of aryl methyl sites for hydroxylation is 2. The molecular weight excluding hydrogens is 312 g/mol. The fraction of sp³-hybridized carbons (Fsp3) is 0.100. The van der Waals surface area contributed by atoms with Gasteiger partial charge < -0.3 is 9.55 Å². The Labute approximate surface area is 145 Å². The van der Waals surface area contributed by atoms with Crippen LogP contribution in [-0.4, -0.2) is 21.7 Å². The summed E-state index contributed by atoms with van der Waals surface area (Å²) >= 11 is 0. The number of carbonyl (C=O) groups excluding carboxylic acids is 1. The monoisotopic (exact) mass is 330 g/mol. The summed E-state index contributed by atoms with van der Waals surface area (Å²) in [6.07, 6.45) is 3.52. The average Bonchev–Trinajstić information content (AvgIpc) is 3.13. The third-order valence-electron chi connectivity index (χ3n) is 4.44. The van der Waals surface area contributed by atoms with Gasteiger partial charge in [-0.05, 0) is 19.1 Å². The molecule has 124 valence electrons. The van der Waals surface area contributed by atoms with E-state index < -0.39 is 0 Å². The molecule has 1 amide bonds. The van der Waals surface area contributed by atoms with Gasteiger partial charge in [0.25, 0.3) is 5.91 Å². The molecule has 2 N–H and O–H groups in total. The Balaban J connectivity index is 1.61. The fourth-order valence-electron chi connectivity index (χ4n) is 3.20. The Hall–Kier alpha value is -3.34. The molecule has 0 aliphatic rings. The van der Waals surface area contributed by atoms with Crippen LogP contribution < -0.4 is 5.43 Å². The predicted octanol–water partition coefficient (Wildman–Crippen LogP) is 3.73. The summed E-state index contributed by atoms with van der Waals surface area (Å²) in [5, 5.41) is 6.17. The van der Waals surface area contributed by atoms with Crippen LogP contribution in [0.4, 0.5) is 0 Å². The third-order valence-corrected chi connectivity index (χ3v) is 4.44. The van der Waals surface area contributed by atoms with Gasteiger partial charge in [0.1, 0.15) is 0 Å². The van der Waals surface area contributed by atoms with E-state index >= 15 is 0 Å². The molecule has 0 unspecified atom stereocenters. The van der Waals surface area contributed by atoms with E-state index in [2.05, 4.69) is 15.5 Å². The lowest BCUT2D eigenvalue weighted by atomic mass is 10.1. The van der Waals surface area contributed by atoms with Crippen LogP contribution in [0.15, 0.2) is 59.8 Å². The molecule has 0 aliphatic carbocycles. The summed E-state index contributed by atoms with van der Waals surface area (Å²) in [6, 6.07) is 15.9. The van der Waals surface area contributed by atoms with Crippen LogP contribution in [0, 0.1) is 6.92 Å². The highest BCUT2D eigenvalue weighted by Crippen LogP contribution is 2.21. The zero-order chi connectivity index (χ0) is 17.4. The molecule has 0 radical (unpaired) electrons. The summed E-state index contributed by atoms with van der Waals surface area (Å²) in [7, 11) is 1.93. The van der Waals surface area contributed by atoms with E-state index in [1.165, 1.54) is 0 Å². The molecule has 0 fully saturated rings. The Morgan fingerprint density at radius 1 is 1.12 bits per heavy atom. The van der Waals surface area contributed by atoms with Crippen molar-refractivity contribution in [2.45, 2.75) is 6.92 Å². The first-order valence-corrected chi connectivity index (χ1v) is 8.10. The van der Waals surface area contributed by atoms with Crippen molar-refractivity contribution in [3.8, 4) is 0 Å². The first-order valence-electron chi connectivity index (χ1n) is 8.10.